The van der Waals surface area contributed by atoms with Crippen LogP contribution in [0.5, 0.6) is 0 Å². The number of hydrogen-bond acceptors (Lipinski definition) is 3. The maximum Gasteiger partial charge on any atom is 0.323 e. The van der Waals surface area contributed by atoms with Crippen LogP contribution in [-0.4, -0.2) is 23.5 Å². The summed E-state index contributed by atoms with van der Waals surface area (Å²) in [6.45, 7) is 2.03. The lowest BCUT2D eigenvalue weighted by Gasteiger charge is -2.23. The van der Waals surface area contributed by atoms with Crippen LogP contribution < -0.4 is 0 Å². The van der Waals surface area contributed by atoms with Crippen molar-refractivity contribution in [3.8, 4) is 0 Å². The Kier molecular flexibility index (Phi) is 5.20. The van der Waals surface area contributed by atoms with E-state index in [0.29, 0.717) is 6.61 Å². The van der Waals surface area contributed by atoms with Gasteiger partial charge in [-0.3, -0.25) is 9.69 Å². The Morgan fingerprint density at radius 1 is 0.800 bits per heavy atom. The van der Waals surface area contributed by atoms with E-state index in [1.165, 1.54) is 27.1 Å². The van der Waals surface area contributed by atoms with Gasteiger partial charge in [0.25, 0.3) is 0 Å². The lowest BCUT2D eigenvalue weighted by atomic mass is 10.1. The minimum absolute atomic E-state index is 0.110. The summed E-state index contributed by atoms with van der Waals surface area (Å²) in [6.07, 6.45) is 1.90. The summed E-state index contributed by atoms with van der Waals surface area (Å²) >= 11 is 0. The zero-order valence-electron chi connectivity index (χ0n) is 17.0. The van der Waals surface area contributed by atoms with Gasteiger partial charge in [-0.05, 0) is 64.2 Å². The Hall–Kier alpha value is -3.17. The maximum absolute atomic E-state index is 12.8. The number of ether oxygens (including phenoxy) is 1. The molecule has 0 aliphatic carbocycles. The Morgan fingerprint density at radius 2 is 1.40 bits per heavy atom. The first-order valence-electron chi connectivity index (χ1n) is 10.6. The molecule has 5 rings (SSSR count). The van der Waals surface area contributed by atoms with Crippen LogP contribution in [0.1, 0.15) is 24.0 Å². The molecule has 0 radical (unpaired) electrons. The molecule has 0 N–H and O–H groups in total. The van der Waals surface area contributed by atoms with Crippen molar-refractivity contribution in [2.45, 2.75) is 32.0 Å². The predicted molar refractivity (Wildman–Crippen MR) is 121 cm³/mol. The largest absolute Gasteiger partial charge is 0.460 e. The number of nitrogens with zero attached hydrogens (tertiary/aromatic N) is 1. The first-order valence-corrected chi connectivity index (χ1v) is 10.6. The molecule has 0 bridgehead atoms. The standard InChI is InChI=1S/C27H25NO2/c29-27(30-19-21-12-14-23-7-2-4-9-25(23)17-21)26-10-5-15-28(26)18-20-11-13-22-6-1-3-8-24(22)16-20/h1-4,6-9,11-14,16-17,26H,5,10,15,18-19H2. The normalized spacial score (nSPS) is 16.9. The fraction of sp³-hybridized carbons (Fsp3) is 0.222. The van der Waals surface area contributed by atoms with Crippen molar-refractivity contribution in [3.63, 3.8) is 0 Å². The molecule has 1 unspecified atom stereocenters. The lowest BCUT2D eigenvalue weighted by molar-refractivity contribution is -0.150. The van der Waals surface area contributed by atoms with E-state index in [2.05, 4.69) is 71.6 Å². The fourth-order valence-electron chi connectivity index (χ4n) is 4.43. The van der Waals surface area contributed by atoms with E-state index in [1.807, 2.05) is 18.2 Å². The Labute approximate surface area is 176 Å². The molecule has 0 saturated carbocycles. The van der Waals surface area contributed by atoms with Gasteiger partial charge in [-0.25, -0.2) is 0 Å². The van der Waals surface area contributed by atoms with Crippen molar-refractivity contribution in [1.82, 2.24) is 4.90 Å². The predicted octanol–water partition coefficient (Wildman–Crippen LogP) is 5.70. The molecular formula is C27H25NO2. The average Bonchev–Trinajstić information content (AvgIpc) is 3.25. The van der Waals surface area contributed by atoms with E-state index >= 15 is 0 Å². The van der Waals surface area contributed by atoms with Crippen LogP contribution in [0.25, 0.3) is 21.5 Å². The molecule has 3 nitrogen and oxygen atoms in total. The van der Waals surface area contributed by atoms with Crippen molar-refractivity contribution < 1.29 is 9.53 Å². The summed E-state index contributed by atoms with van der Waals surface area (Å²) in [5, 5.41) is 4.86. The molecule has 0 aromatic heterocycles. The summed E-state index contributed by atoms with van der Waals surface area (Å²) in [5.41, 5.74) is 2.27. The van der Waals surface area contributed by atoms with E-state index in [9.17, 15) is 4.79 Å². The average molecular weight is 396 g/mol. The highest BCUT2D eigenvalue weighted by Crippen LogP contribution is 2.24. The van der Waals surface area contributed by atoms with Crippen molar-refractivity contribution >= 4 is 27.5 Å². The van der Waals surface area contributed by atoms with Crippen molar-refractivity contribution in [1.29, 1.82) is 0 Å². The first-order chi connectivity index (χ1) is 14.8. The Morgan fingerprint density at radius 3 is 2.10 bits per heavy atom. The number of carbonyl (C=O) groups excluding carboxylic acids is 1. The molecule has 0 amide bonds. The van der Waals surface area contributed by atoms with Gasteiger partial charge in [0.1, 0.15) is 12.6 Å². The van der Waals surface area contributed by atoms with Crippen LogP contribution in [-0.2, 0) is 22.7 Å². The van der Waals surface area contributed by atoms with Gasteiger partial charge in [0.2, 0.25) is 0 Å². The second-order valence-electron chi connectivity index (χ2n) is 8.10. The molecule has 1 aliphatic heterocycles. The highest BCUT2D eigenvalue weighted by atomic mass is 16.5. The van der Waals surface area contributed by atoms with Crippen molar-refractivity contribution in [2.24, 2.45) is 0 Å². The summed E-state index contributed by atoms with van der Waals surface area (Å²) in [5.74, 6) is -0.110. The number of fused-ring (bicyclic) bond motifs is 2. The van der Waals surface area contributed by atoms with E-state index < -0.39 is 0 Å². The lowest BCUT2D eigenvalue weighted by Crippen LogP contribution is -2.36. The second kappa shape index (κ2) is 8.29. The van der Waals surface area contributed by atoms with Gasteiger partial charge in [0, 0.05) is 6.54 Å². The summed E-state index contributed by atoms with van der Waals surface area (Å²) in [4.78, 5) is 15.1. The molecule has 1 heterocycles. The zero-order valence-corrected chi connectivity index (χ0v) is 17.0. The van der Waals surface area contributed by atoms with E-state index in [0.717, 1.165) is 31.5 Å². The van der Waals surface area contributed by atoms with E-state index in [-0.39, 0.29) is 12.0 Å². The smallest absolute Gasteiger partial charge is 0.323 e. The molecule has 3 heteroatoms. The third-order valence-electron chi connectivity index (χ3n) is 6.03. The molecule has 1 fully saturated rings. The van der Waals surface area contributed by atoms with Gasteiger partial charge < -0.3 is 4.74 Å². The van der Waals surface area contributed by atoms with Crippen LogP contribution >= 0.6 is 0 Å². The van der Waals surface area contributed by atoms with Crippen LogP contribution in [0.3, 0.4) is 0 Å². The summed E-state index contributed by atoms with van der Waals surface area (Å²) < 4.78 is 5.72. The minimum Gasteiger partial charge on any atom is -0.460 e. The highest BCUT2D eigenvalue weighted by Gasteiger charge is 2.31. The number of esters is 1. The van der Waals surface area contributed by atoms with E-state index in [4.69, 9.17) is 4.74 Å². The van der Waals surface area contributed by atoms with Crippen LogP contribution in [0.4, 0.5) is 0 Å². The molecule has 30 heavy (non-hydrogen) atoms. The summed E-state index contributed by atoms with van der Waals surface area (Å²) in [6, 6.07) is 29.2. The maximum atomic E-state index is 12.8. The highest BCUT2D eigenvalue weighted by molar-refractivity contribution is 5.84. The number of carbonyl (C=O) groups is 1. The molecule has 1 saturated heterocycles. The Balaban J connectivity index is 1.24. The van der Waals surface area contributed by atoms with E-state index in [1.54, 1.807) is 0 Å². The van der Waals surface area contributed by atoms with Crippen LogP contribution in [0.15, 0.2) is 84.9 Å². The van der Waals surface area contributed by atoms with Gasteiger partial charge in [-0.15, -0.1) is 0 Å². The summed E-state index contributed by atoms with van der Waals surface area (Å²) in [7, 11) is 0. The minimum atomic E-state index is -0.156. The quantitative estimate of drug-likeness (QED) is 0.406. The first kappa shape index (κ1) is 18.8. The molecule has 1 atom stereocenters. The van der Waals surface area contributed by atoms with Gasteiger partial charge in [-0.1, -0.05) is 72.8 Å². The number of likely N-dealkylation sites (tertiary alicyclic amines) is 1. The van der Waals surface area contributed by atoms with Crippen molar-refractivity contribution in [3.05, 3.63) is 96.1 Å². The Bertz CT molecular complexity index is 1200. The number of benzene rings is 4. The number of rotatable bonds is 5. The SMILES string of the molecule is O=C(OCc1ccc2ccccc2c1)C1CCCN1Cc1ccc2ccccc2c1. The fourth-order valence-corrected chi connectivity index (χ4v) is 4.43. The molecule has 150 valence electrons. The zero-order chi connectivity index (χ0) is 20.3. The monoisotopic (exact) mass is 395 g/mol. The molecule has 4 aromatic rings. The molecule has 4 aromatic carbocycles. The molecule has 0 spiro atoms. The van der Waals surface area contributed by atoms with Gasteiger partial charge in [0.05, 0.1) is 0 Å². The third-order valence-corrected chi connectivity index (χ3v) is 6.03. The van der Waals surface area contributed by atoms with Crippen molar-refractivity contribution in [2.75, 3.05) is 6.54 Å². The van der Waals surface area contributed by atoms with Gasteiger partial charge in [-0.2, -0.15) is 0 Å². The topological polar surface area (TPSA) is 29.5 Å². The molecular weight excluding hydrogens is 370 g/mol. The van der Waals surface area contributed by atoms with Crippen LogP contribution in [0, 0.1) is 0 Å². The molecule has 1 aliphatic rings. The number of hydrogen-bond donors (Lipinski definition) is 0. The van der Waals surface area contributed by atoms with Crippen LogP contribution in [0.2, 0.25) is 0 Å². The van der Waals surface area contributed by atoms with Gasteiger partial charge in [0.15, 0.2) is 0 Å². The van der Waals surface area contributed by atoms with Gasteiger partial charge >= 0.3 is 5.97 Å². The third kappa shape index (κ3) is 3.94. The second-order valence-corrected chi connectivity index (χ2v) is 8.10.